The maximum atomic E-state index is 11.5. The first kappa shape index (κ1) is 18.0. The minimum atomic E-state index is -0.163. The Morgan fingerprint density at radius 1 is 1.37 bits per heavy atom. The Morgan fingerprint density at radius 3 is 2.84 bits per heavy atom. The lowest BCUT2D eigenvalue weighted by atomic mass is 10.1. The fraction of sp³-hybridized carbons (Fsp3) is 0.462. The molecule has 0 aromatic heterocycles. The van der Waals surface area contributed by atoms with Crippen LogP contribution in [-0.2, 0) is 16.1 Å². The van der Waals surface area contributed by atoms with Crippen LogP contribution in [0.4, 0.5) is 5.69 Å². The van der Waals surface area contributed by atoms with Crippen molar-refractivity contribution in [2.75, 3.05) is 31.1 Å². The maximum Gasteiger partial charge on any atom is 0.325 e. The van der Waals surface area contributed by atoms with Crippen molar-refractivity contribution in [2.24, 2.45) is 0 Å². The number of nitrogens with one attached hydrogen (secondary N) is 1. The van der Waals surface area contributed by atoms with E-state index in [-0.39, 0.29) is 30.8 Å². The Morgan fingerprint density at radius 2 is 2.11 bits per heavy atom. The Kier molecular flexibility index (Phi) is 8.56. The van der Waals surface area contributed by atoms with Crippen molar-refractivity contribution in [3.05, 3.63) is 29.8 Å². The second-order valence-electron chi connectivity index (χ2n) is 4.03. The number of nitrogens with zero attached hydrogens (tertiary/aromatic N) is 1. The lowest BCUT2D eigenvalue weighted by Crippen LogP contribution is -2.34. The van der Waals surface area contributed by atoms with Crippen LogP contribution in [0.25, 0.3) is 0 Å². The summed E-state index contributed by atoms with van der Waals surface area (Å²) >= 11 is 0. The predicted molar refractivity (Wildman–Crippen MR) is 81.5 cm³/mol. The van der Waals surface area contributed by atoms with E-state index in [0.29, 0.717) is 13.2 Å². The summed E-state index contributed by atoms with van der Waals surface area (Å²) in [7, 11) is 0. The first-order valence-corrected chi connectivity index (χ1v) is 6.00. The molecule has 19 heavy (non-hydrogen) atoms. The third-order valence-electron chi connectivity index (χ3n) is 2.83. The molecule has 108 valence electrons. The summed E-state index contributed by atoms with van der Waals surface area (Å²) in [5, 5.41) is 3.34. The number of ether oxygens (including phenoxy) is 1. The number of para-hydroxylation sites is 1. The molecule has 0 unspecified atom stereocenters. The quantitative estimate of drug-likeness (QED) is 0.867. The largest absolute Gasteiger partial charge is 0.465 e. The van der Waals surface area contributed by atoms with Crippen molar-refractivity contribution < 1.29 is 9.53 Å². The van der Waals surface area contributed by atoms with Gasteiger partial charge < -0.3 is 15.0 Å². The fourth-order valence-corrected chi connectivity index (χ4v) is 2.05. The minimum Gasteiger partial charge on any atom is -0.465 e. The second kappa shape index (κ2) is 9.02. The number of hydrogen-bond donors (Lipinski definition) is 1. The van der Waals surface area contributed by atoms with E-state index >= 15 is 0 Å². The summed E-state index contributed by atoms with van der Waals surface area (Å²) in [6.45, 7) is 5.16. The van der Waals surface area contributed by atoms with Crippen molar-refractivity contribution in [1.29, 1.82) is 0 Å². The lowest BCUT2D eigenvalue weighted by molar-refractivity contribution is -0.141. The number of esters is 1. The summed E-state index contributed by atoms with van der Waals surface area (Å²) in [4.78, 5) is 13.6. The molecule has 1 aromatic rings. The van der Waals surface area contributed by atoms with Crippen molar-refractivity contribution in [1.82, 2.24) is 5.32 Å². The first-order valence-electron chi connectivity index (χ1n) is 6.00. The highest BCUT2D eigenvalue weighted by molar-refractivity contribution is 5.85. The van der Waals surface area contributed by atoms with Crippen molar-refractivity contribution in [3.63, 3.8) is 0 Å². The molecule has 1 aromatic carbocycles. The summed E-state index contributed by atoms with van der Waals surface area (Å²) < 4.78 is 5.00. The van der Waals surface area contributed by atoms with E-state index in [1.54, 1.807) is 0 Å². The van der Waals surface area contributed by atoms with E-state index in [4.69, 9.17) is 4.74 Å². The van der Waals surface area contributed by atoms with E-state index in [9.17, 15) is 4.79 Å². The number of rotatable bonds is 3. The number of benzene rings is 1. The van der Waals surface area contributed by atoms with Crippen molar-refractivity contribution in [2.45, 2.75) is 13.5 Å². The average molecular weight is 307 g/mol. The lowest BCUT2D eigenvalue weighted by Gasteiger charge is -2.23. The smallest absolute Gasteiger partial charge is 0.325 e. The average Bonchev–Trinajstić information content (AvgIpc) is 2.53. The molecule has 0 atom stereocenters. The van der Waals surface area contributed by atoms with E-state index in [1.165, 1.54) is 5.56 Å². The molecule has 0 fully saturated rings. The van der Waals surface area contributed by atoms with Crippen molar-refractivity contribution >= 4 is 36.5 Å². The van der Waals surface area contributed by atoms with Gasteiger partial charge in [0.25, 0.3) is 0 Å². The minimum absolute atomic E-state index is 0. The van der Waals surface area contributed by atoms with Gasteiger partial charge in [-0.05, 0) is 18.6 Å². The van der Waals surface area contributed by atoms with Gasteiger partial charge in [-0.25, -0.2) is 0 Å². The zero-order chi connectivity index (χ0) is 12.1. The number of hydrogen-bond acceptors (Lipinski definition) is 4. The van der Waals surface area contributed by atoms with Gasteiger partial charge >= 0.3 is 5.97 Å². The van der Waals surface area contributed by atoms with Gasteiger partial charge in [0.2, 0.25) is 0 Å². The normalized spacial score (nSPS) is 13.4. The molecule has 0 saturated heterocycles. The molecule has 0 aliphatic carbocycles. The van der Waals surface area contributed by atoms with Crippen LogP contribution < -0.4 is 10.2 Å². The van der Waals surface area contributed by atoms with Crippen LogP contribution in [0.15, 0.2) is 24.3 Å². The van der Waals surface area contributed by atoms with Crippen LogP contribution in [-0.4, -0.2) is 32.2 Å². The van der Waals surface area contributed by atoms with Gasteiger partial charge in [0, 0.05) is 25.3 Å². The van der Waals surface area contributed by atoms with Gasteiger partial charge in [-0.1, -0.05) is 18.2 Å². The fourth-order valence-electron chi connectivity index (χ4n) is 2.05. The molecule has 6 heteroatoms. The Hall–Kier alpha value is -0.970. The van der Waals surface area contributed by atoms with Gasteiger partial charge in [-0.15, -0.1) is 24.8 Å². The molecule has 0 saturated carbocycles. The van der Waals surface area contributed by atoms with Crippen molar-refractivity contribution in [3.8, 4) is 0 Å². The Labute approximate surface area is 126 Å². The van der Waals surface area contributed by atoms with Crippen LogP contribution in [0, 0.1) is 0 Å². The molecule has 0 bridgehead atoms. The molecule has 0 amide bonds. The predicted octanol–water partition coefficient (Wildman–Crippen LogP) is 2.00. The highest BCUT2D eigenvalue weighted by Gasteiger charge is 2.17. The molecular formula is C13H20Cl2N2O2. The molecule has 4 nitrogen and oxygen atoms in total. The molecule has 2 rings (SSSR count). The number of halogens is 2. The van der Waals surface area contributed by atoms with E-state index in [2.05, 4.69) is 22.3 Å². The number of fused-ring (bicyclic) bond motifs is 1. The third-order valence-corrected chi connectivity index (χ3v) is 2.83. The zero-order valence-corrected chi connectivity index (χ0v) is 12.6. The molecule has 0 radical (unpaired) electrons. The molecule has 1 aliphatic rings. The Balaban J connectivity index is 0.00000162. The summed E-state index contributed by atoms with van der Waals surface area (Å²) in [5.74, 6) is -0.163. The van der Waals surface area contributed by atoms with Gasteiger partial charge in [0.1, 0.15) is 6.54 Å². The van der Waals surface area contributed by atoms with Crippen LogP contribution in [0.3, 0.4) is 0 Å². The van der Waals surface area contributed by atoms with Crippen LogP contribution >= 0.6 is 24.8 Å². The third kappa shape index (κ3) is 4.90. The van der Waals surface area contributed by atoms with Crippen LogP contribution in [0.5, 0.6) is 0 Å². The SMILES string of the molecule is CCOC(=O)CN1CCNCc2ccccc21.Cl.Cl. The van der Waals surface area contributed by atoms with Gasteiger partial charge in [-0.2, -0.15) is 0 Å². The van der Waals surface area contributed by atoms with Gasteiger partial charge in [0.05, 0.1) is 6.61 Å². The van der Waals surface area contributed by atoms with Crippen LogP contribution in [0.2, 0.25) is 0 Å². The first-order chi connectivity index (χ1) is 8.31. The number of anilines is 1. The highest BCUT2D eigenvalue weighted by atomic mass is 35.5. The molecule has 1 heterocycles. The molecule has 1 aliphatic heterocycles. The Bertz CT molecular complexity index is 402. The van der Waals surface area contributed by atoms with Gasteiger partial charge in [-0.3, -0.25) is 4.79 Å². The standard InChI is InChI=1S/C13H18N2O2.2ClH/c1-2-17-13(16)10-15-8-7-14-9-11-5-3-4-6-12(11)15;;/h3-6,14H,2,7-10H2,1H3;2*1H. The zero-order valence-electron chi connectivity index (χ0n) is 10.9. The monoisotopic (exact) mass is 306 g/mol. The van der Waals surface area contributed by atoms with E-state index in [0.717, 1.165) is 25.3 Å². The van der Waals surface area contributed by atoms with E-state index < -0.39 is 0 Å². The maximum absolute atomic E-state index is 11.5. The summed E-state index contributed by atoms with van der Waals surface area (Å²) in [6, 6.07) is 8.17. The van der Waals surface area contributed by atoms with Crippen LogP contribution in [0.1, 0.15) is 12.5 Å². The second-order valence-corrected chi connectivity index (χ2v) is 4.03. The summed E-state index contributed by atoms with van der Waals surface area (Å²) in [6.07, 6.45) is 0. The topological polar surface area (TPSA) is 41.6 Å². The summed E-state index contributed by atoms with van der Waals surface area (Å²) in [5.41, 5.74) is 2.36. The number of carbonyl (C=O) groups excluding carboxylic acids is 1. The van der Waals surface area contributed by atoms with E-state index in [1.807, 2.05) is 19.1 Å². The molecular weight excluding hydrogens is 287 g/mol. The highest BCUT2D eigenvalue weighted by Crippen LogP contribution is 2.21. The molecule has 0 spiro atoms. The molecule has 1 N–H and O–H groups in total. The number of carbonyl (C=O) groups is 1. The van der Waals surface area contributed by atoms with Gasteiger partial charge in [0.15, 0.2) is 0 Å².